The fraction of sp³-hybridized carbons (Fsp3) is 0.398. The number of sulfonamides is 1. The SMILES string of the molecule is C=C1OC2(CCN(c3cc(-c4nc5ccccc5n4C)c(Cl)cn3)CC2)CN1C.CCS(O)(O)NC1CCN(c2cc(-c3nc4ccccc4n3C)c(F)cn2)CC1.Cn1c(-c2cc(N3CCC(CS(C)(=O)=O)CC3)ncc2Cl)nc2ccccc21.Cn1c(-c2cc(N3CCN(S(=O)(=O)CC(C)(C)O)CC3)ncc2F)nc2ccccc21. The fourth-order valence-corrected chi connectivity index (χ4v) is 20.3. The van der Waals surface area contributed by atoms with Crippen molar-refractivity contribution in [3.8, 4) is 45.6 Å². The van der Waals surface area contributed by atoms with Crippen LogP contribution < -0.4 is 24.3 Å². The lowest BCUT2D eigenvalue weighted by atomic mass is 9.91. The van der Waals surface area contributed by atoms with Crippen molar-refractivity contribution < 1.29 is 44.6 Å². The molecule has 13 heterocycles. The van der Waals surface area contributed by atoms with Crippen molar-refractivity contribution >= 4 is 121 Å². The summed E-state index contributed by atoms with van der Waals surface area (Å²) in [6, 6.07) is 39.0. The second-order valence-electron chi connectivity index (χ2n) is 31.4. The quantitative estimate of drug-likeness (QED) is 0.0699. The number of rotatable bonds is 16. The van der Waals surface area contributed by atoms with Gasteiger partial charge in [-0.1, -0.05) is 71.7 Å². The lowest BCUT2D eigenvalue weighted by molar-refractivity contribution is 0.0273. The number of piperidine rings is 3. The predicted octanol–water partition coefficient (Wildman–Crippen LogP) is 13.6. The molecular formula is C83H99Cl2F2N19O8S3. The highest BCUT2D eigenvalue weighted by Crippen LogP contribution is 2.41. The van der Waals surface area contributed by atoms with E-state index in [0.29, 0.717) is 76.4 Å². The van der Waals surface area contributed by atoms with Crippen LogP contribution in [0.1, 0.15) is 59.3 Å². The summed E-state index contributed by atoms with van der Waals surface area (Å²) >= 11 is 13.0. The van der Waals surface area contributed by atoms with Crippen molar-refractivity contribution in [1.29, 1.82) is 0 Å². The largest absolute Gasteiger partial charge is 0.471 e. The molecule has 5 aliphatic heterocycles. The molecule has 0 atom stereocenters. The molecule has 0 saturated carbocycles. The number of imidazole rings is 4. The third-order valence-electron chi connectivity index (χ3n) is 22.3. The van der Waals surface area contributed by atoms with E-state index in [1.807, 2.05) is 151 Å². The van der Waals surface area contributed by atoms with Crippen LogP contribution in [-0.2, 0) is 52.8 Å². The zero-order chi connectivity index (χ0) is 83.0. The van der Waals surface area contributed by atoms with Gasteiger partial charge in [0.25, 0.3) is 0 Å². The van der Waals surface area contributed by atoms with Crippen LogP contribution in [0.2, 0.25) is 10.0 Å². The molecule has 4 aromatic carbocycles. The highest BCUT2D eigenvalue weighted by atomic mass is 35.5. The van der Waals surface area contributed by atoms with E-state index >= 15 is 0 Å². The minimum Gasteiger partial charge on any atom is -0.471 e. The number of halogens is 4. The summed E-state index contributed by atoms with van der Waals surface area (Å²) in [7, 11) is 0.557. The number of pyridine rings is 4. The molecule has 0 aliphatic carbocycles. The van der Waals surface area contributed by atoms with Gasteiger partial charge < -0.3 is 52.6 Å². The number of hydrogen-bond acceptors (Lipinski definition) is 22. The molecule has 0 unspecified atom stereocenters. The smallest absolute Gasteiger partial charge is 0.217 e. The number of para-hydroxylation sites is 8. The van der Waals surface area contributed by atoms with Crippen LogP contribution >= 0.6 is 34.0 Å². The summed E-state index contributed by atoms with van der Waals surface area (Å²) in [5.41, 5.74) is 8.59. The molecule has 0 radical (unpaired) electrons. The first-order valence-electron chi connectivity index (χ1n) is 39.0. The molecule has 5 fully saturated rings. The number of aromatic nitrogens is 12. The Morgan fingerprint density at radius 3 is 1.24 bits per heavy atom. The second kappa shape index (κ2) is 34.4. The zero-order valence-electron chi connectivity index (χ0n) is 67.0. The number of benzene rings is 4. The Balaban J connectivity index is 0.000000128. The Morgan fingerprint density at radius 2 is 0.880 bits per heavy atom. The van der Waals surface area contributed by atoms with E-state index < -0.39 is 47.9 Å². The number of piperazine rings is 1. The summed E-state index contributed by atoms with van der Waals surface area (Å²) in [6.45, 7) is 15.8. The van der Waals surface area contributed by atoms with Gasteiger partial charge in [0, 0.05) is 155 Å². The Kier molecular flexibility index (Phi) is 24.6. The molecule has 4 N–H and O–H groups in total. The molecule has 117 heavy (non-hydrogen) atoms. The Morgan fingerprint density at radius 1 is 0.530 bits per heavy atom. The third-order valence-corrected chi connectivity index (χ3v) is 27.7. The summed E-state index contributed by atoms with van der Waals surface area (Å²) < 4.78 is 115. The minimum atomic E-state index is -3.56. The fourth-order valence-electron chi connectivity index (χ4n) is 16.0. The third kappa shape index (κ3) is 18.9. The van der Waals surface area contributed by atoms with Crippen LogP contribution in [0.25, 0.3) is 89.7 Å². The molecule has 5 saturated heterocycles. The van der Waals surface area contributed by atoms with E-state index in [0.717, 1.165) is 156 Å². The second-order valence-corrected chi connectivity index (χ2v) is 38.5. The summed E-state index contributed by atoms with van der Waals surface area (Å²) in [6.07, 6.45) is 12.3. The van der Waals surface area contributed by atoms with E-state index in [1.54, 1.807) is 31.5 Å². The molecule has 34 heteroatoms. The standard InChI is InChI=1S/C22H24ClN5O.C21H26FN5O3S.C20H23ClN4O2S.C20H26FN5O2S/c1-15-26(2)14-22(29-15)8-10-28(11-9-22)20-12-16(17(23)13-24-20)21-25-18-6-4-5-7-19(18)27(21)3;1-21(2,28)14-31(29,30)27-10-8-26(9-11-27)19-12-15(16(22)13-23-19)20-24-17-6-4-5-7-18(17)25(20)3;1-24-18-6-4-3-5-17(18)23-20(24)15-11-19(22-12-16(15)21)25-9-7-14(8-10-25)13-28(2,26)27;1-3-29(27,28)24-14-8-10-26(11-9-14)19-12-15(16(21)13-22-19)20-23-17-6-4-5-7-18(17)25(20)2/h4-7,12-13H,1,8-11,14H2,2-3H3;4-7,12-13,28H,8-11,14H2,1-3H3;3-6,11-12,14H,7-10,13H2,1-2H3;4-7,12-14,24,27-28H,3,8-11H2,1-2H3. The van der Waals surface area contributed by atoms with Gasteiger partial charge in [-0.05, 0) is 132 Å². The number of fused-ring (bicyclic) bond motifs is 4. The topological polar surface area (TPSA) is 293 Å². The highest BCUT2D eigenvalue weighted by molar-refractivity contribution is 8.22. The molecule has 0 amide bonds. The number of sulfone groups is 1. The van der Waals surface area contributed by atoms with Gasteiger partial charge in [-0.25, -0.2) is 70.2 Å². The van der Waals surface area contributed by atoms with Crippen molar-refractivity contribution in [1.82, 2.24) is 72.1 Å². The number of likely N-dealkylation sites (N-methyl/N-ethyl adjacent to an activating group) is 1. The average Bonchev–Trinajstić information content (AvgIpc) is 1.69. The van der Waals surface area contributed by atoms with Gasteiger partial charge >= 0.3 is 0 Å². The lowest BCUT2D eigenvalue weighted by Crippen LogP contribution is -2.51. The van der Waals surface area contributed by atoms with Gasteiger partial charge in [0.15, 0.2) is 17.5 Å². The maximum atomic E-state index is 14.7. The maximum absolute atomic E-state index is 14.7. The van der Waals surface area contributed by atoms with Gasteiger partial charge in [0.05, 0.1) is 101 Å². The van der Waals surface area contributed by atoms with E-state index in [1.165, 1.54) is 36.8 Å². The highest BCUT2D eigenvalue weighted by Gasteiger charge is 2.44. The number of nitrogens with zero attached hydrogens (tertiary/aromatic N) is 18. The average molecular weight is 1700 g/mol. The predicted molar refractivity (Wildman–Crippen MR) is 463 cm³/mol. The first kappa shape index (κ1) is 83.9. The number of ether oxygens (including phenoxy) is 1. The molecular weight excluding hydrogens is 1600 g/mol. The van der Waals surface area contributed by atoms with E-state index in [2.05, 4.69) is 77.5 Å². The Bertz CT molecular complexity index is 5870. The first-order chi connectivity index (χ1) is 55.7. The number of anilines is 4. The normalized spacial score (nSPS) is 16.9. The van der Waals surface area contributed by atoms with Crippen LogP contribution in [-0.4, -0.2) is 218 Å². The zero-order valence-corrected chi connectivity index (χ0v) is 71.0. The Hall–Kier alpha value is -9.61. The first-order valence-corrected chi connectivity index (χ1v) is 45.1. The summed E-state index contributed by atoms with van der Waals surface area (Å²) in [5, 5.41) is 11.1. The monoisotopic (exact) mass is 1690 g/mol. The van der Waals surface area contributed by atoms with E-state index in [4.69, 9.17) is 37.9 Å². The van der Waals surface area contributed by atoms with Crippen LogP contribution in [0.5, 0.6) is 0 Å². The van der Waals surface area contributed by atoms with Gasteiger partial charge in [0.2, 0.25) is 10.0 Å². The number of hydrogen-bond donors (Lipinski definition) is 4. The van der Waals surface area contributed by atoms with E-state index in [-0.39, 0.29) is 42.2 Å². The van der Waals surface area contributed by atoms with Gasteiger partial charge in [-0.3, -0.25) is 9.11 Å². The molecule has 0 bridgehead atoms. The minimum absolute atomic E-state index is 0.0518. The van der Waals surface area contributed by atoms with Crippen molar-refractivity contribution in [2.75, 3.05) is 122 Å². The number of aliphatic hydroxyl groups is 1. The van der Waals surface area contributed by atoms with E-state index in [9.17, 15) is 39.8 Å². The van der Waals surface area contributed by atoms with Crippen molar-refractivity contribution in [3.63, 3.8) is 0 Å². The van der Waals surface area contributed by atoms with Gasteiger partial charge in [0.1, 0.15) is 62.0 Å². The molecule has 17 rings (SSSR count). The maximum Gasteiger partial charge on any atom is 0.217 e. The molecule has 8 aromatic heterocycles. The Labute approximate surface area is 692 Å². The van der Waals surface area contributed by atoms with Crippen LogP contribution in [0, 0.1) is 17.6 Å². The molecule has 5 aliphatic rings. The number of nitrogens with one attached hydrogen (secondary N) is 1. The van der Waals surface area contributed by atoms with Gasteiger partial charge in [-0.2, -0.15) is 4.31 Å². The van der Waals surface area contributed by atoms with Crippen LogP contribution in [0.15, 0.2) is 159 Å². The van der Waals surface area contributed by atoms with Gasteiger partial charge in [-0.15, -0.1) is 10.8 Å². The van der Waals surface area contributed by atoms with Crippen molar-refractivity contribution in [2.45, 2.75) is 76.5 Å². The number of aryl methyl sites for hydroxylation is 4. The molecule has 12 aromatic rings. The molecule has 27 nitrogen and oxygen atoms in total. The van der Waals surface area contributed by atoms with Crippen molar-refractivity contribution in [2.24, 2.45) is 34.1 Å². The molecule has 620 valence electrons. The van der Waals surface area contributed by atoms with Crippen LogP contribution in [0.3, 0.4) is 0 Å². The summed E-state index contributed by atoms with van der Waals surface area (Å²) in [5.74, 6) is 6.15. The van der Waals surface area contributed by atoms with Crippen LogP contribution in [0.4, 0.5) is 32.1 Å². The van der Waals surface area contributed by atoms with Crippen molar-refractivity contribution in [3.05, 3.63) is 180 Å². The molecule has 1 spiro atoms. The lowest BCUT2D eigenvalue weighted by Gasteiger charge is -2.40. The summed E-state index contributed by atoms with van der Waals surface area (Å²) in [4.78, 5) is 47.0.